The zero-order valence-electron chi connectivity index (χ0n) is 12.3. The second kappa shape index (κ2) is 5.26. The van der Waals surface area contributed by atoms with Crippen LogP contribution in [0.1, 0.15) is 48.1 Å². The third-order valence-electron chi connectivity index (χ3n) is 4.34. The second-order valence-corrected chi connectivity index (χ2v) is 7.41. The molecule has 1 aliphatic heterocycles. The van der Waals surface area contributed by atoms with Crippen LogP contribution < -0.4 is 5.32 Å². The molecule has 1 saturated heterocycles. The van der Waals surface area contributed by atoms with E-state index in [4.69, 9.17) is 0 Å². The standard InChI is InChI=1S/C16H25NS/c1-11-9-13(3)14(10-12(11)2)15(17-5)16(4)7-6-8-18-16/h9-10,15,17H,6-8H2,1-5H3. The molecule has 2 atom stereocenters. The molecule has 1 N–H and O–H groups in total. The van der Waals surface area contributed by atoms with Crippen molar-refractivity contribution in [2.45, 2.75) is 51.3 Å². The number of benzene rings is 1. The lowest BCUT2D eigenvalue weighted by Gasteiger charge is -2.35. The van der Waals surface area contributed by atoms with E-state index in [1.165, 1.54) is 40.8 Å². The van der Waals surface area contributed by atoms with Crippen molar-refractivity contribution in [3.63, 3.8) is 0 Å². The van der Waals surface area contributed by atoms with Crippen molar-refractivity contribution in [3.8, 4) is 0 Å². The molecule has 0 aromatic heterocycles. The van der Waals surface area contributed by atoms with Gasteiger partial charge in [0, 0.05) is 10.8 Å². The van der Waals surface area contributed by atoms with Gasteiger partial charge in [-0.2, -0.15) is 11.8 Å². The predicted octanol–water partition coefficient (Wildman–Crippen LogP) is 4.16. The minimum atomic E-state index is 0.348. The third kappa shape index (κ3) is 2.46. The maximum Gasteiger partial charge on any atom is 0.0466 e. The maximum atomic E-state index is 3.57. The van der Waals surface area contributed by atoms with Crippen molar-refractivity contribution >= 4 is 11.8 Å². The molecule has 0 amide bonds. The summed E-state index contributed by atoms with van der Waals surface area (Å²) in [5.41, 5.74) is 5.71. The summed E-state index contributed by atoms with van der Waals surface area (Å²) in [6.45, 7) is 9.08. The minimum Gasteiger partial charge on any atom is -0.312 e. The van der Waals surface area contributed by atoms with Crippen LogP contribution in [0.2, 0.25) is 0 Å². The fourth-order valence-electron chi connectivity index (χ4n) is 3.11. The van der Waals surface area contributed by atoms with E-state index in [0.717, 1.165) is 0 Å². The van der Waals surface area contributed by atoms with Gasteiger partial charge in [0.25, 0.3) is 0 Å². The molecule has 0 radical (unpaired) electrons. The number of thioether (sulfide) groups is 1. The van der Waals surface area contributed by atoms with E-state index in [9.17, 15) is 0 Å². The van der Waals surface area contributed by atoms with Gasteiger partial charge in [0.2, 0.25) is 0 Å². The highest BCUT2D eigenvalue weighted by atomic mass is 32.2. The highest BCUT2D eigenvalue weighted by Crippen LogP contribution is 2.47. The topological polar surface area (TPSA) is 12.0 Å². The summed E-state index contributed by atoms with van der Waals surface area (Å²) >= 11 is 2.13. The Kier molecular flexibility index (Phi) is 4.08. The third-order valence-corrected chi connectivity index (χ3v) is 5.93. The molecular weight excluding hydrogens is 238 g/mol. The van der Waals surface area contributed by atoms with Gasteiger partial charge in [0.05, 0.1) is 0 Å². The summed E-state index contributed by atoms with van der Waals surface area (Å²) in [5, 5.41) is 3.57. The summed E-state index contributed by atoms with van der Waals surface area (Å²) < 4.78 is 0.348. The largest absolute Gasteiger partial charge is 0.312 e. The van der Waals surface area contributed by atoms with Crippen LogP contribution in [0.15, 0.2) is 12.1 Å². The normalized spacial score (nSPS) is 25.4. The van der Waals surface area contributed by atoms with Crippen molar-refractivity contribution in [1.82, 2.24) is 5.32 Å². The molecule has 1 aliphatic rings. The van der Waals surface area contributed by atoms with E-state index in [-0.39, 0.29) is 0 Å². The Morgan fingerprint density at radius 3 is 2.39 bits per heavy atom. The second-order valence-electron chi connectivity index (χ2n) is 5.78. The smallest absolute Gasteiger partial charge is 0.0466 e. The average Bonchev–Trinajstić information content (AvgIpc) is 2.74. The van der Waals surface area contributed by atoms with Gasteiger partial charge in [0.15, 0.2) is 0 Å². The fourth-order valence-corrected chi connectivity index (χ4v) is 4.57. The molecule has 0 spiro atoms. The van der Waals surface area contributed by atoms with E-state index >= 15 is 0 Å². The van der Waals surface area contributed by atoms with Gasteiger partial charge >= 0.3 is 0 Å². The van der Waals surface area contributed by atoms with Crippen molar-refractivity contribution in [3.05, 3.63) is 34.4 Å². The van der Waals surface area contributed by atoms with Gasteiger partial charge in [-0.1, -0.05) is 12.1 Å². The van der Waals surface area contributed by atoms with Crippen molar-refractivity contribution in [1.29, 1.82) is 0 Å². The minimum absolute atomic E-state index is 0.348. The molecule has 2 heteroatoms. The van der Waals surface area contributed by atoms with Gasteiger partial charge in [-0.25, -0.2) is 0 Å². The number of nitrogens with one attached hydrogen (secondary N) is 1. The summed E-state index contributed by atoms with van der Waals surface area (Å²) in [6.07, 6.45) is 2.67. The quantitative estimate of drug-likeness (QED) is 0.879. The van der Waals surface area contributed by atoms with Crippen LogP contribution in [-0.4, -0.2) is 17.5 Å². The van der Waals surface area contributed by atoms with Crippen LogP contribution in [0, 0.1) is 20.8 Å². The fraction of sp³-hybridized carbons (Fsp3) is 0.625. The van der Waals surface area contributed by atoms with Crippen molar-refractivity contribution in [2.24, 2.45) is 0 Å². The Hall–Kier alpha value is -0.470. The average molecular weight is 263 g/mol. The monoisotopic (exact) mass is 263 g/mol. The van der Waals surface area contributed by atoms with E-state index in [1.807, 2.05) is 0 Å². The molecule has 0 saturated carbocycles. The molecule has 18 heavy (non-hydrogen) atoms. The molecule has 1 fully saturated rings. The number of hydrogen-bond acceptors (Lipinski definition) is 2. The first kappa shape index (κ1) is 14.0. The predicted molar refractivity (Wildman–Crippen MR) is 82.6 cm³/mol. The van der Waals surface area contributed by atoms with Gasteiger partial charge in [-0.15, -0.1) is 0 Å². The Balaban J connectivity index is 2.41. The Morgan fingerprint density at radius 1 is 1.17 bits per heavy atom. The van der Waals surface area contributed by atoms with Crippen LogP contribution in [-0.2, 0) is 0 Å². The number of hydrogen-bond donors (Lipinski definition) is 1. The molecule has 1 nitrogen and oxygen atoms in total. The molecule has 2 rings (SSSR count). The zero-order chi connectivity index (χ0) is 13.3. The maximum absolute atomic E-state index is 3.57. The van der Waals surface area contributed by atoms with E-state index in [0.29, 0.717) is 10.8 Å². The van der Waals surface area contributed by atoms with Gasteiger partial charge < -0.3 is 5.32 Å². The highest BCUT2D eigenvalue weighted by molar-refractivity contribution is 8.00. The van der Waals surface area contributed by atoms with Crippen LogP contribution in [0.4, 0.5) is 0 Å². The first-order valence-electron chi connectivity index (χ1n) is 6.87. The first-order valence-corrected chi connectivity index (χ1v) is 7.85. The zero-order valence-corrected chi connectivity index (χ0v) is 13.1. The van der Waals surface area contributed by atoms with Crippen LogP contribution in [0.3, 0.4) is 0 Å². The SMILES string of the molecule is CNC(c1cc(C)c(C)cc1C)C1(C)CCCS1. The molecule has 2 unspecified atom stereocenters. The Bertz CT molecular complexity index is 433. The number of aryl methyl sites for hydroxylation is 3. The molecule has 0 bridgehead atoms. The Morgan fingerprint density at radius 2 is 1.83 bits per heavy atom. The Labute approximate surface area is 116 Å². The lowest BCUT2D eigenvalue weighted by atomic mass is 9.86. The van der Waals surface area contributed by atoms with E-state index in [1.54, 1.807) is 0 Å². The lowest BCUT2D eigenvalue weighted by Crippen LogP contribution is -2.36. The molecule has 1 aromatic carbocycles. The van der Waals surface area contributed by atoms with Gasteiger partial charge in [-0.3, -0.25) is 0 Å². The van der Waals surface area contributed by atoms with Gasteiger partial charge in [-0.05, 0) is 75.6 Å². The van der Waals surface area contributed by atoms with Crippen LogP contribution in [0.25, 0.3) is 0 Å². The summed E-state index contributed by atoms with van der Waals surface area (Å²) in [6, 6.07) is 5.18. The van der Waals surface area contributed by atoms with Crippen LogP contribution in [0.5, 0.6) is 0 Å². The molecule has 1 heterocycles. The first-order chi connectivity index (χ1) is 8.48. The molecule has 100 valence electrons. The molecular formula is C16H25NS. The summed E-state index contributed by atoms with van der Waals surface area (Å²) in [4.78, 5) is 0. The van der Waals surface area contributed by atoms with Gasteiger partial charge in [0.1, 0.15) is 0 Å². The van der Waals surface area contributed by atoms with E-state index in [2.05, 4.69) is 64.0 Å². The summed E-state index contributed by atoms with van der Waals surface area (Å²) in [7, 11) is 2.10. The molecule has 1 aromatic rings. The van der Waals surface area contributed by atoms with Crippen LogP contribution >= 0.6 is 11.8 Å². The number of rotatable bonds is 3. The highest BCUT2D eigenvalue weighted by Gasteiger charge is 2.38. The lowest BCUT2D eigenvalue weighted by molar-refractivity contribution is 0.439. The molecule has 0 aliphatic carbocycles. The van der Waals surface area contributed by atoms with E-state index < -0.39 is 0 Å². The van der Waals surface area contributed by atoms with Crippen molar-refractivity contribution in [2.75, 3.05) is 12.8 Å². The summed E-state index contributed by atoms with van der Waals surface area (Å²) in [5.74, 6) is 1.30. The van der Waals surface area contributed by atoms with Crippen molar-refractivity contribution < 1.29 is 0 Å².